The Morgan fingerprint density at radius 3 is 2.68 bits per heavy atom. The largest absolute Gasteiger partial charge is 0.351 e. The Balaban J connectivity index is 1.38. The SMILES string of the molecule is O=C1NC2(CCN(C(=O)c3ccno3)CC2)NC1Cc1ccccc1. The van der Waals surface area contributed by atoms with E-state index >= 15 is 0 Å². The summed E-state index contributed by atoms with van der Waals surface area (Å²) in [6.07, 6.45) is 3.47. The molecule has 2 aromatic rings. The van der Waals surface area contributed by atoms with Crippen molar-refractivity contribution in [2.24, 2.45) is 0 Å². The average molecular weight is 340 g/mol. The van der Waals surface area contributed by atoms with Gasteiger partial charge < -0.3 is 14.7 Å². The number of amides is 2. The molecule has 2 saturated heterocycles. The van der Waals surface area contributed by atoms with Crippen molar-refractivity contribution in [3.63, 3.8) is 0 Å². The third-order valence-corrected chi connectivity index (χ3v) is 4.96. The van der Waals surface area contributed by atoms with Crippen molar-refractivity contribution in [1.29, 1.82) is 0 Å². The minimum absolute atomic E-state index is 0.0267. The smallest absolute Gasteiger partial charge is 0.292 e. The fourth-order valence-electron chi connectivity index (χ4n) is 3.59. The quantitative estimate of drug-likeness (QED) is 0.868. The Hall–Kier alpha value is -2.67. The monoisotopic (exact) mass is 340 g/mol. The Kier molecular flexibility index (Phi) is 4.01. The number of hydrogen-bond acceptors (Lipinski definition) is 5. The summed E-state index contributed by atoms with van der Waals surface area (Å²) in [6, 6.07) is 11.3. The summed E-state index contributed by atoms with van der Waals surface area (Å²) in [5.41, 5.74) is 0.708. The van der Waals surface area contributed by atoms with Crippen LogP contribution in [0.2, 0.25) is 0 Å². The van der Waals surface area contributed by atoms with Crippen LogP contribution in [0.4, 0.5) is 0 Å². The molecular weight excluding hydrogens is 320 g/mol. The van der Waals surface area contributed by atoms with Crippen LogP contribution in [-0.2, 0) is 11.2 Å². The first-order valence-corrected chi connectivity index (χ1v) is 8.49. The van der Waals surface area contributed by atoms with Gasteiger partial charge in [-0.1, -0.05) is 35.5 Å². The minimum Gasteiger partial charge on any atom is -0.351 e. The Morgan fingerprint density at radius 2 is 2.00 bits per heavy atom. The summed E-state index contributed by atoms with van der Waals surface area (Å²) >= 11 is 0. The molecule has 1 aromatic carbocycles. The van der Waals surface area contributed by atoms with Gasteiger partial charge >= 0.3 is 0 Å². The lowest BCUT2D eigenvalue weighted by atomic mass is 9.97. The lowest BCUT2D eigenvalue weighted by Gasteiger charge is -2.39. The fraction of sp³-hybridized carbons (Fsp3) is 0.389. The number of aromatic nitrogens is 1. The number of carbonyl (C=O) groups is 2. The van der Waals surface area contributed by atoms with Gasteiger partial charge in [-0.05, 0) is 12.0 Å². The highest BCUT2D eigenvalue weighted by atomic mass is 16.5. The maximum Gasteiger partial charge on any atom is 0.292 e. The van der Waals surface area contributed by atoms with Crippen LogP contribution in [0.5, 0.6) is 0 Å². The van der Waals surface area contributed by atoms with Crippen LogP contribution >= 0.6 is 0 Å². The molecule has 2 N–H and O–H groups in total. The molecule has 4 rings (SSSR count). The molecule has 7 heteroatoms. The highest BCUT2D eigenvalue weighted by molar-refractivity contribution is 5.91. The maximum absolute atomic E-state index is 12.4. The van der Waals surface area contributed by atoms with Crippen molar-refractivity contribution in [3.8, 4) is 0 Å². The molecule has 1 spiro atoms. The topological polar surface area (TPSA) is 87.5 Å². The summed E-state index contributed by atoms with van der Waals surface area (Å²) in [4.78, 5) is 26.4. The molecule has 2 aliphatic rings. The van der Waals surface area contributed by atoms with E-state index in [2.05, 4.69) is 15.8 Å². The molecule has 2 aliphatic heterocycles. The van der Waals surface area contributed by atoms with Gasteiger partial charge in [0.25, 0.3) is 5.91 Å². The van der Waals surface area contributed by atoms with E-state index < -0.39 is 5.66 Å². The van der Waals surface area contributed by atoms with Crippen molar-refractivity contribution in [1.82, 2.24) is 20.7 Å². The molecule has 2 amide bonds. The van der Waals surface area contributed by atoms with Gasteiger partial charge in [-0.15, -0.1) is 0 Å². The summed E-state index contributed by atoms with van der Waals surface area (Å²) in [5, 5.41) is 10.2. The minimum atomic E-state index is -0.422. The van der Waals surface area contributed by atoms with E-state index in [1.807, 2.05) is 30.3 Å². The summed E-state index contributed by atoms with van der Waals surface area (Å²) in [6.45, 7) is 1.12. The zero-order valence-electron chi connectivity index (χ0n) is 13.8. The van der Waals surface area contributed by atoms with Gasteiger partial charge in [0.1, 0.15) is 0 Å². The molecule has 25 heavy (non-hydrogen) atoms. The highest BCUT2D eigenvalue weighted by Gasteiger charge is 2.45. The summed E-state index contributed by atoms with van der Waals surface area (Å²) in [7, 11) is 0. The van der Waals surface area contributed by atoms with Crippen LogP contribution < -0.4 is 10.6 Å². The van der Waals surface area contributed by atoms with Gasteiger partial charge in [-0.25, -0.2) is 0 Å². The number of piperidine rings is 1. The lowest BCUT2D eigenvalue weighted by molar-refractivity contribution is -0.121. The van der Waals surface area contributed by atoms with Crippen molar-refractivity contribution in [2.45, 2.75) is 31.0 Å². The van der Waals surface area contributed by atoms with Crippen LogP contribution in [0.1, 0.15) is 29.0 Å². The predicted octanol–water partition coefficient (Wildman–Crippen LogP) is 0.938. The van der Waals surface area contributed by atoms with Crippen LogP contribution in [0.15, 0.2) is 47.1 Å². The first-order chi connectivity index (χ1) is 12.2. The van der Waals surface area contributed by atoms with E-state index in [0.29, 0.717) is 32.4 Å². The Bertz CT molecular complexity index is 752. The number of nitrogens with zero attached hydrogens (tertiary/aromatic N) is 2. The molecule has 2 fully saturated rings. The second-order valence-corrected chi connectivity index (χ2v) is 6.63. The molecule has 0 aliphatic carbocycles. The third kappa shape index (κ3) is 3.15. The van der Waals surface area contributed by atoms with Crippen LogP contribution in [0.25, 0.3) is 0 Å². The number of nitrogens with one attached hydrogen (secondary N) is 2. The summed E-state index contributed by atoms with van der Waals surface area (Å²) < 4.78 is 4.94. The van der Waals surface area contributed by atoms with Crippen molar-refractivity contribution < 1.29 is 14.1 Å². The lowest BCUT2D eigenvalue weighted by Crippen LogP contribution is -2.58. The fourth-order valence-corrected chi connectivity index (χ4v) is 3.59. The van der Waals surface area contributed by atoms with Crippen molar-refractivity contribution in [2.75, 3.05) is 13.1 Å². The van der Waals surface area contributed by atoms with E-state index in [4.69, 9.17) is 4.52 Å². The van der Waals surface area contributed by atoms with Crippen molar-refractivity contribution >= 4 is 11.8 Å². The average Bonchev–Trinajstić information content (AvgIpc) is 3.25. The molecule has 1 atom stereocenters. The Morgan fingerprint density at radius 1 is 1.24 bits per heavy atom. The molecule has 3 heterocycles. The molecular formula is C18H20N4O3. The van der Waals surface area contributed by atoms with E-state index in [-0.39, 0.29) is 23.6 Å². The molecule has 130 valence electrons. The highest BCUT2D eigenvalue weighted by Crippen LogP contribution is 2.26. The van der Waals surface area contributed by atoms with E-state index in [1.54, 1.807) is 11.0 Å². The van der Waals surface area contributed by atoms with Crippen LogP contribution in [0.3, 0.4) is 0 Å². The molecule has 7 nitrogen and oxygen atoms in total. The normalized spacial score (nSPS) is 22.2. The standard InChI is InChI=1S/C18H20N4O3/c23-16-14(12-13-4-2-1-3-5-13)20-18(21-16)7-10-22(11-8-18)17(24)15-6-9-19-25-15/h1-6,9,14,20H,7-8,10-12H2,(H,21,23). The summed E-state index contributed by atoms with van der Waals surface area (Å²) in [5.74, 6) is 0.123. The molecule has 0 saturated carbocycles. The number of hydrogen-bond donors (Lipinski definition) is 2. The van der Waals surface area contributed by atoms with Gasteiger partial charge in [0.15, 0.2) is 0 Å². The maximum atomic E-state index is 12.4. The van der Waals surface area contributed by atoms with E-state index in [0.717, 1.165) is 5.56 Å². The number of rotatable bonds is 3. The van der Waals surface area contributed by atoms with Gasteiger partial charge in [-0.3, -0.25) is 14.9 Å². The third-order valence-electron chi connectivity index (χ3n) is 4.96. The number of benzene rings is 1. The second kappa shape index (κ2) is 6.33. The van der Waals surface area contributed by atoms with Gasteiger partial charge in [0.05, 0.1) is 17.9 Å². The molecule has 1 unspecified atom stereocenters. The van der Waals surface area contributed by atoms with Crippen LogP contribution in [0, 0.1) is 0 Å². The van der Waals surface area contributed by atoms with Crippen LogP contribution in [-0.4, -0.2) is 46.7 Å². The molecule has 1 aromatic heterocycles. The zero-order chi connectivity index (χ0) is 17.3. The Labute approximate surface area is 145 Å². The van der Waals surface area contributed by atoms with Gasteiger partial charge in [0.2, 0.25) is 11.7 Å². The first-order valence-electron chi connectivity index (χ1n) is 8.49. The molecule has 0 bridgehead atoms. The second-order valence-electron chi connectivity index (χ2n) is 6.63. The van der Waals surface area contributed by atoms with E-state index in [1.165, 1.54) is 6.20 Å². The number of likely N-dealkylation sites (tertiary alicyclic amines) is 1. The zero-order valence-corrected chi connectivity index (χ0v) is 13.8. The van der Waals surface area contributed by atoms with Crippen molar-refractivity contribution in [3.05, 3.63) is 53.9 Å². The number of carbonyl (C=O) groups excluding carboxylic acids is 2. The first kappa shape index (κ1) is 15.8. The van der Waals surface area contributed by atoms with E-state index in [9.17, 15) is 9.59 Å². The predicted molar refractivity (Wildman–Crippen MR) is 89.6 cm³/mol. The van der Waals surface area contributed by atoms with Gasteiger partial charge in [-0.2, -0.15) is 0 Å². The van der Waals surface area contributed by atoms with Gasteiger partial charge in [0, 0.05) is 32.0 Å². The molecule has 0 radical (unpaired) electrons.